The molecule has 24 heavy (non-hydrogen) atoms. The van der Waals surface area contributed by atoms with E-state index in [0.29, 0.717) is 29.4 Å². The third-order valence-electron chi connectivity index (χ3n) is 3.53. The van der Waals surface area contributed by atoms with Crippen LogP contribution in [-0.4, -0.2) is 39.2 Å². The van der Waals surface area contributed by atoms with Crippen molar-refractivity contribution in [3.8, 4) is 23.0 Å². The van der Waals surface area contributed by atoms with Gasteiger partial charge < -0.3 is 19.3 Å². The fourth-order valence-corrected chi connectivity index (χ4v) is 2.72. The van der Waals surface area contributed by atoms with E-state index >= 15 is 0 Å². The van der Waals surface area contributed by atoms with E-state index in [4.69, 9.17) is 14.2 Å². The predicted octanol–water partition coefficient (Wildman–Crippen LogP) is 3.84. The van der Waals surface area contributed by atoms with Crippen molar-refractivity contribution >= 4 is 22.1 Å². The second-order valence-corrected chi connectivity index (χ2v) is 5.86. The number of benzene rings is 2. The van der Waals surface area contributed by atoms with E-state index in [0.717, 1.165) is 16.5 Å². The maximum absolute atomic E-state index is 9.83. The lowest BCUT2D eigenvalue weighted by Crippen LogP contribution is -1.97. The van der Waals surface area contributed by atoms with Gasteiger partial charge in [-0.05, 0) is 42.3 Å². The first-order chi connectivity index (χ1) is 11.6. The number of phenolic OH excluding ortho intramolecular Hbond substituents is 1. The summed E-state index contributed by atoms with van der Waals surface area (Å²) in [5.74, 6) is 2.21. The molecule has 0 radical (unpaired) electrons. The van der Waals surface area contributed by atoms with Crippen molar-refractivity contribution in [3.63, 3.8) is 0 Å². The monoisotopic (exact) mass is 393 g/mol. The van der Waals surface area contributed by atoms with Crippen molar-refractivity contribution in [2.24, 2.45) is 4.99 Å². The van der Waals surface area contributed by atoms with Crippen molar-refractivity contribution in [2.45, 2.75) is 6.42 Å². The number of hydrogen-bond acceptors (Lipinski definition) is 5. The highest BCUT2D eigenvalue weighted by molar-refractivity contribution is 9.10. The van der Waals surface area contributed by atoms with Crippen LogP contribution < -0.4 is 14.2 Å². The summed E-state index contributed by atoms with van der Waals surface area (Å²) in [5.41, 5.74) is 1.69. The number of aromatic hydroxyl groups is 1. The first kappa shape index (κ1) is 18.1. The average Bonchev–Trinajstić information content (AvgIpc) is 2.60. The largest absolute Gasteiger partial charge is 0.507 e. The van der Waals surface area contributed by atoms with Crippen LogP contribution in [0.3, 0.4) is 0 Å². The summed E-state index contributed by atoms with van der Waals surface area (Å²) < 4.78 is 16.7. The number of phenols is 1. The quantitative estimate of drug-likeness (QED) is 0.725. The fourth-order valence-electron chi connectivity index (χ4n) is 2.20. The normalized spacial score (nSPS) is 10.8. The van der Waals surface area contributed by atoms with E-state index in [1.807, 2.05) is 12.1 Å². The Morgan fingerprint density at radius 1 is 1.04 bits per heavy atom. The topological polar surface area (TPSA) is 60.3 Å². The number of methoxy groups -OCH3 is 3. The van der Waals surface area contributed by atoms with E-state index < -0.39 is 0 Å². The van der Waals surface area contributed by atoms with Crippen molar-refractivity contribution in [1.29, 1.82) is 0 Å². The zero-order valence-electron chi connectivity index (χ0n) is 13.9. The van der Waals surface area contributed by atoms with Gasteiger partial charge in [0, 0.05) is 22.8 Å². The van der Waals surface area contributed by atoms with Crippen molar-refractivity contribution in [2.75, 3.05) is 27.9 Å². The molecule has 0 unspecified atom stereocenters. The number of rotatable bonds is 7. The number of halogens is 1. The molecule has 1 N–H and O–H groups in total. The molecule has 0 bridgehead atoms. The van der Waals surface area contributed by atoms with Crippen LogP contribution in [0.15, 0.2) is 39.8 Å². The van der Waals surface area contributed by atoms with Gasteiger partial charge in [0.25, 0.3) is 0 Å². The standard InChI is InChI=1S/C18H20BrNO4/c1-22-14-4-5-16(21)13(8-14)11-20-7-6-12-9-17(23-2)18(24-3)10-15(12)19/h4-5,8-11,21H,6-7H2,1-3H3. The first-order valence-electron chi connectivity index (χ1n) is 7.36. The molecule has 2 rings (SSSR count). The third-order valence-corrected chi connectivity index (χ3v) is 4.27. The minimum atomic E-state index is 0.173. The van der Waals surface area contributed by atoms with Crippen LogP contribution in [0.1, 0.15) is 11.1 Å². The maximum Gasteiger partial charge on any atom is 0.161 e. The Morgan fingerprint density at radius 3 is 2.42 bits per heavy atom. The van der Waals surface area contributed by atoms with Gasteiger partial charge in [-0.25, -0.2) is 0 Å². The second kappa shape index (κ2) is 8.59. The highest BCUT2D eigenvalue weighted by Gasteiger charge is 2.09. The Hall–Kier alpha value is -2.21. The molecule has 0 saturated heterocycles. The molecule has 5 nitrogen and oxygen atoms in total. The summed E-state index contributed by atoms with van der Waals surface area (Å²) in [7, 11) is 4.80. The summed E-state index contributed by atoms with van der Waals surface area (Å²) >= 11 is 3.53. The molecule has 2 aromatic rings. The van der Waals surface area contributed by atoms with Crippen LogP contribution >= 0.6 is 15.9 Å². The number of aliphatic imine (C=N–C) groups is 1. The van der Waals surface area contributed by atoms with Crippen molar-refractivity contribution in [1.82, 2.24) is 0 Å². The van der Waals surface area contributed by atoms with Crippen LogP contribution in [0.2, 0.25) is 0 Å². The summed E-state index contributed by atoms with van der Waals surface area (Å²) in [6.07, 6.45) is 2.37. The molecular weight excluding hydrogens is 374 g/mol. The summed E-state index contributed by atoms with van der Waals surface area (Å²) in [6, 6.07) is 8.84. The molecule has 0 spiro atoms. The second-order valence-electron chi connectivity index (χ2n) is 5.01. The van der Waals surface area contributed by atoms with E-state index in [2.05, 4.69) is 20.9 Å². The average molecular weight is 394 g/mol. The Balaban J connectivity index is 2.06. The maximum atomic E-state index is 9.83. The molecule has 0 fully saturated rings. The number of nitrogens with zero attached hydrogens (tertiary/aromatic N) is 1. The molecule has 0 saturated carbocycles. The summed E-state index contributed by atoms with van der Waals surface area (Å²) in [6.45, 7) is 0.574. The Labute approximate surface area is 150 Å². The van der Waals surface area contributed by atoms with Gasteiger partial charge in [0.2, 0.25) is 0 Å². The molecule has 0 aliphatic carbocycles. The SMILES string of the molecule is COc1ccc(O)c(C=NCCc2cc(OC)c(OC)cc2Br)c1. The predicted molar refractivity (Wildman–Crippen MR) is 98.1 cm³/mol. The van der Waals surface area contributed by atoms with Gasteiger partial charge in [-0.3, -0.25) is 4.99 Å². The van der Waals surface area contributed by atoms with Gasteiger partial charge in [0.1, 0.15) is 11.5 Å². The highest BCUT2D eigenvalue weighted by atomic mass is 79.9. The van der Waals surface area contributed by atoms with Crippen molar-refractivity contribution < 1.29 is 19.3 Å². The van der Waals surface area contributed by atoms with Crippen molar-refractivity contribution in [3.05, 3.63) is 45.9 Å². The third kappa shape index (κ3) is 4.41. The van der Waals surface area contributed by atoms with Crippen LogP contribution in [0.4, 0.5) is 0 Å². The molecule has 0 aliphatic rings. The minimum Gasteiger partial charge on any atom is -0.507 e. The molecule has 0 heterocycles. The molecule has 0 atom stereocenters. The van der Waals surface area contributed by atoms with Gasteiger partial charge in [-0.1, -0.05) is 15.9 Å². The van der Waals surface area contributed by atoms with E-state index in [9.17, 15) is 5.11 Å². The molecular formula is C18H20BrNO4. The number of hydrogen-bond donors (Lipinski definition) is 1. The summed E-state index contributed by atoms with van der Waals surface area (Å²) in [5, 5.41) is 9.83. The van der Waals surface area contributed by atoms with E-state index in [-0.39, 0.29) is 5.75 Å². The number of ether oxygens (including phenoxy) is 3. The molecule has 0 amide bonds. The van der Waals surface area contributed by atoms with Gasteiger partial charge in [-0.15, -0.1) is 0 Å². The minimum absolute atomic E-state index is 0.173. The molecule has 0 aliphatic heterocycles. The van der Waals surface area contributed by atoms with Gasteiger partial charge in [-0.2, -0.15) is 0 Å². The lowest BCUT2D eigenvalue weighted by molar-refractivity contribution is 0.354. The van der Waals surface area contributed by atoms with Crippen LogP contribution in [-0.2, 0) is 6.42 Å². The lowest BCUT2D eigenvalue weighted by Gasteiger charge is -2.11. The molecule has 128 valence electrons. The van der Waals surface area contributed by atoms with Crippen LogP contribution in [0, 0.1) is 0 Å². The van der Waals surface area contributed by atoms with Gasteiger partial charge in [0.15, 0.2) is 11.5 Å². The zero-order valence-corrected chi connectivity index (χ0v) is 15.5. The zero-order chi connectivity index (χ0) is 17.5. The van der Waals surface area contributed by atoms with Crippen LogP contribution in [0.25, 0.3) is 0 Å². The fraction of sp³-hybridized carbons (Fsp3) is 0.278. The summed E-state index contributed by atoms with van der Waals surface area (Å²) in [4.78, 5) is 4.38. The first-order valence-corrected chi connectivity index (χ1v) is 8.15. The Morgan fingerprint density at radius 2 is 1.75 bits per heavy atom. The van der Waals surface area contributed by atoms with E-state index in [1.54, 1.807) is 45.7 Å². The highest BCUT2D eigenvalue weighted by Crippen LogP contribution is 2.33. The van der Waals surface area contributed by atoms with Crippen LogP contribution in [0.5, 0.6) is 23.0 Å². The Bertz CT molecular complexity index is 731. The smallest absolute Gasteiger partial charge is 0.161 e. The molecule has 0 aromatic heterocycles. The van der Waals surface area contributed by atoms with E-state index in [1.165, 1.54) is 0 Å². The molecule has 2 aromatic carbocycles. The Kier molecular flexibility index (Phi) is 6.49. The lowest BCUT2D eigenvalue weighted by atomic mass is 10.1. The van der Waals surface area contributed by atoms with Gasteiger partial charge >= 0.3 is 0 Å². The molecule has 6 heteroatoms. The van der Waals surface area contributed by atoms with Gasteiger partial charge in [0.05, 0.1) is 21.3 Å².